The number of hydrogen-bond donors (Lipinski definition) is 2. The summed E-state index contributed by atoms with van der Waals surface area (Å²) in [7, 11) is 4.19. The van der Waals surface area contributed by atoms with E-state index in [9.17, 15) is 0 Å². The van der Waals surface area contributed by atoms with Crippen molar-refractivity contribution in [3.63, 3.8) is 0 Å². The number of aromatic nitrogens is 2. The monoisotopic (exact) mass is 315 g/mol. The predicted molar refractivity (Wildman–Crippen MR) is 80.2 cm³/mol. The molecular weight excluding hydrogens is 294 g/mol. The molecule has 0 atom stereocenters. The molecule has 18 heavy (non-hydrogen) atoms. The summed E-state index contributed by atoms with van der Waals surface area (Å²) in [5, 5.41) is 6.52. The lowest BCUT2D eigenvalue weighted by Gasteiger charge is -2.12. The normalized spacial score (nSPS) is 10.7. The van der Waals surface area contributed by atoms with E-state index in [1.54, 1.807) is 6.33 Å². The average molecular weight is 316 g/mol. The number of nitrogens with zero attached hydrogens (tertiary/aromatic N) is 3. The highest BCUT2D eigenvalue weighted by Gasteiger charge is 2.06. The minimum absolute atomic E-state index is 0.836. The first kappa shape index (κ1) is 15.2. The van der Waals surface area contributed by atoms with Crippen molar-refractivity contribution in [3.8, 4) is 0 Å². The molecule has 0 saturated heterocycles. The molecule has 0 aromatic carbocycles. The smallest absolute Gasteiger partial charge is 0.145 e. The van der Waals surface area contributed by atoms with Crippen LogP contribution in [0.4, 0.5) is 11.6 Å². The third kappa shape index (κ3) is 5.18. The minimum atomic E-state index is 0.836. The van der Waals surface area contributed by atoms with Gasteiger partial charge in [0.2, 0.25) is 0 Å². The first-order valence-electron chi connectivity index (χ1n) is 6.28. The summed E-state index contributed by atoms with van der Waals surface area (Å²) in [5.74, 6) is 1.69. The van der Waals surface area contributed by atoms with Crippen LogP contribution in [0, 0.1) is 0 Å². The molecule has 1 rings (SSSR count). The molecule has 0 spiro atoms. The fourth-order valence-electron chi connectivity index (χ4n) is 1.54. The van der Waals surface area contributed by atoms with Crippen molar-refractivity contribution < 1.29 is 0 Å². The second-order valence-electron chi connectivity index (χ2n) is 4.35. The summed E-state index contributed by atoms with van der Waals surface area (Å²) in [6, 6.07) is 0. The van der Waals surface area contributed by atoms with E-state index in [1.165, 1.54) is 6.42 Å². The number of halogens is 1. The Hall–Kier alpha value is -0.880. The Morgan fingerprint density at radius 3 is 2.44 bits per heavy atom. The topological polar surface area (TPSA) is 53.1 Å². The number of unbranched alkanes of at least 4 members (excludes halogenated alkanes) is 1. The Bertz CT molecular complexity index is 356. The lowest BCUT2D eigenvalue weighted by atomic mass is 10.3. The second kappa shape index (κ2) is 8.26. The molecule has 2 N–H and O–H groups in total. The van der Waals surface area contributed by atoms with Gasteiger partial charge in [-0.1, -0.05) is 0 Å². The van der Waals surface area contributed by atoms with Gasteiger partial charge in [0, 0.05) is 13.1 Å². The van der Waals surface area contributed by atoms with E-state index in [0.717, 1.165) is 42.2 Å². The lowest BCUT2D eigenvalue weighted by Crippen LogP contribution is -2.14. The van der Waals surface area contributed by atoms with Crippen molar-refractivity contribution in [2.24, 2.45) is 0 Å². The van der Waals surface area contributed by atoms with Gasteiger partial charge >= 0.3 is 0 Å². The van der Waals surface area contributed by atoms with Crippen molar-refractivity contribution in [2.75, 3.05) is 44.4 Å². The van der Waals surface area contributed by atoms with Crippen LogP contribution in [0.2, 0.25) is 0 Å². The molecule has 0 saturated carbocycles. The van der Waals surface area contributed by atoms with Crippen molar-refractivity contribution in [1.29, 1.82) is 0 Å². The molecule has 0 aliphatic carbocycles. The maximum Gasteiger partial charge on any atom is 0.145 e. The SMILES string of the molecule is CCNc1ncnc(NCCCCN(C)C)c1Br. The van der Waals surface area contributed by atoms with Gasteiger partial charge in [-0.15, -0.1) is 0 Å². The Morgan fingerprint density at radius 1 is 1.17 bits per heavy atom. The van der Waals surface area contributed by atoms with E-state index in [2.05, 4.69) is 55.5 Å². The zero-order valence-corrected chi connectivity index (χ0v) is 12.9. The molecule has 5 nitrogen and oxygen atoms in total. The summed E-state index contributed by atoms with van der Waals surface area (Å²) in [6.07, 6.45) is 3.89. The molecular formula is C12H22BrN5. The van der Waals surface area contributed by atoms with Crippen LogP contribution in [-0.4, -0.2) is 48.6 Å². The third-order valence-corrected chi connectivity index (χ3v) is 3.21. The van der Waals surface area contributed by atoms with Gasteiger partial charge in [0.25, 0.3) is 0 Å². The zero-order chi connectivity index (χ0) is 13.4. The summed E-state index contributed by atoms with van der Waals surface area (Å²) >= 11 is 3.52. The molecule has 0 aliphatic rings. The maximum absolute atomic E-state index is 4.23. The van der Waals surface area contributed by atoms with Crippen LogP contribution in [0.15, 0.2) is 10.8 Å². The fourth-order valence-corrected chi connectivity index (χ4v) is 2.03. The van der Waals surface area contributed by atoms with Gasteiger partial charge in [0.1, 0.15) is 22.4 Å². The molecule has 0 unspecified atom stereocenters. The van der Waals surface area contributed by atoms with E-state index in [-0.39, 0.29) is 0 Å². The van der Waals surface area contributed by atoms with Gasteiger partial charge in [-0.05, 0) is 56.3 Å². The van der Waals surface area contributed by atoms with Crippen LogP contribution >= 0.6 is 15.9 Å². The van der Waals surface area contributed by atoms with Gasteiger partial charge in [0.05, 0.1) is 0 Å². The van der Waals surface area contributed by atoms with Gasteiger partial charge in [-0.25, -0.2) is 9.97 Å². The van der Waals surface area contributed by atoms with Crippen LogP contribution in [0.5, 0.6) is 0 Å². The van der Waals surface area contributed by atoms with Gasteiger partial charge in [0.15, 0.2) is 0 Å². The largest absolute Gasteiger partial charge is 0.369 e. The Labute approximate surface area is 118 Å². The summed E-state index contributed by atoms with van der Waals surface area (Å²) in [6.45, 7) is 4.94. The molecule has 102 valence electrons. The summed E-state index contributed by atoms with van der Waals surface area (Å²) in [5.41, 5.74) is 0. The third-order valence-electron chi connectivity index (χ3n) is 2.46. The van der Waals surface area contributed by atoms with Gasteiger partial charge < -0.3 is 15.5 Å². The Balaban J connectivity index is 2.40. The molecule has 0 bridgehead atoms. The van der Waals surface area contributed by atoms with Crippen molar-refractivity contribution >= 4 is 27.6 Å². The van der Waals surface area contributed by atoms with E-state index in [1.807, 2.05) is 6.92 Å². The van der Waals surface area contributed by atoms with Crippen LogP contribution in [0.25, 0.3) is 0 Å². The van der Waals surface area contributed by atoms with Crippen molar-refractivity contribution in [2.45, 2.75) is 19.8 Å². The van der Waals surface area contributed by atoms with Gasteiger partial charge in [-0.2, -0.15) is 0 Å². The fraction of sp³-hybridized carbons (Fsp3) is 0.667. The summed E-state index contributed by atoms with van der Waals surface area (Å²) < 4.78 is 0.902. The van der Waals surface area contributed by atoms with Crippen molar-refractivity contribution in [1.82, 2.24) is 14.9 Å². The molecule has 1 heterocycles. The van der Waals surface area contributed by atoms with Crippen LogP contribution in [0.1, 0.15) is 19.8 Å². The highest BCUT2D eigenvalue weighted by Crippen LogP contribution is 2.26. The Morgan fingerprint density at radius 2 is 1.83 bits per heavy atom. The lowest BCUT2D eigenvalue weighted by molar-refractivity contribution is 0.396. The predicted octanol–water partition coefficient (Wildman–Crippen LogP) is 2.42. The van der Waals surface area contributed by atoms with E-state index in [0.29, 0.717) is 0 Å². The molecule has 1 aromatic rings. The molecule has 0 amide bonds. The number of anilines is 2. The van der Waals surface area contributed by atoms with Crippen LogP contribution in [-0.2, 0) is 0 Å². The van der Waals surface area contributed by atoms with Crippen LogP contribution in [0.3, 0.4) is 0 Å². The summed E-state index contributed by atoms with van der Waals surface area (Å²) in [4.78, 5) is 10.6. The number of rotatable bonds is 8. The Kier molecular flexibility index (Phi) is 6.97. The zero-order valence-electron chi connectivity index (χ0n) is 11.3. The van der Waals surface area contributed by atoms with Crippen molar-refractivity contribution in [3.05, 3.63) is 10.8 Å². The van der Waals surface area contributed by atoms with Gasteiger partial charge in [-0.3, -0.25) is 0 Å². The molecule has 1 aromatic heterocycles. The highest BCUT2D eigenvalue weighted by molar-refractivity contribution is 9.10. The van der Waals surface area contributed by atoms with E-state index in [4.69, 9.17) is 0 Å². The molecule has 6 heteroatoms. The van der Waals surface area contributed by atoms with E-state index < -0.39 is 0 Å². The quantitative estimate of drug-likeness (QED) is 0.722. The highest BCUT2D eigenvalue weighted by atomic mass is 79.9. The second-order valence-corrected chi connectivity index (χ2v) is 5.15. The average Bonchev–Trinajstić information content (AvgIpc) is 2.33. The number of nitrogens with one attached hydrogen (secondary N) is 2. The minimum Gasteiger partial charge on any atom is -0.369 e. The molecule has 0 aliphatic heterocycles. The molecule has 0 radical (unpaired) electrons. The first-order valence-corrected chi connectivity index (χ1v) is 7.07. The standard InChI is InChI=1S/C12H22BrN5/c1-4-14-11-10(13)12(17-9-16-11)15-7-5-6-8-18(2)3/h9H,4-8H2,1-3H3,(H2,14,15,16,17). The van der Waals surface area contributed by atoms with Crippen LogP contribution < -0.4 is 10.6 Å². The maximum atomic E-state index is 4.23. The molecule has 0 fully saturated rings. The number of hydrogen-bond acceptors (Lipinski definition) is 5. The van der Waals surface area contributed by atoms with E-state index >= 15 is 0 Å². The first-order chi connectivity index (χ1) is 8.65.